The SMILES string of the molecule is COc1cc(C(=O)N2CCNC(=O)c3ccccc32)ccc1C(=O)Nc1cccc2c1nc(C)n2C(=O)OC(C)(C)C. The first-order chi connectivity index (χ1) is 20.0. The van der Waals surface area contributed by atoms with Gasteiger partial charge in [-0.1, -0.05) is 18.2 Å². The molecule has 0 bridgehead atoms. The number of imidazole rings is 1. The van der Waals surface area contributed by atoms with Crippen LogP contribution in [0.25, 0.3) is 11.0 Å². The number of hydrogen-bond donors (Lipinski definition) is 2. The molecule has 0 spiro atoms. The van der Waals surface area contributed by atoms with E-state index in [2.05, 4.69) is 15.6 Å². The van der Waals surface area contributed by atoms with Crippen molar-refractivity contribution in [3.63, 3.8) is 0 Å². The summed E-state index contributed by atoms with van der Waals surface area (Å²) in [6, 6.07) is 16.6. The summed E-state index contributed by atoms with van der Waals surface area (Å²) in [4.78, 5) is 58.3. The molecule has 216 valence electrons. The molecule has 1 aliphatic heterocycles. The first kappa shape index (κ1) is 28.3. The molecule has 1 aliphatic rings. The first-order valence-electron chi connectivity index (χ1n) is 13.4. The van der Waals surface area contributed by atoms with Gasteiger partial charge in [-0.25, -0.2) is 14.3 Å². The van der Waals surface area contributed by atoms with Crippen molar-refractivity contribution in [3.8, 4) is 5.75 Å². The van der Waals surface area contributed by atoms with Crippen LogP contribution in [0.1, 0.15) is 57.7 Å². The van der Waals surface area contributed by atoms with E-state index >= 15 is 0 Å². The summed E-state index contributed by atoms with van der Waals surface area (Å²) in [6.07, 6.45) is -0.569. The predicted molar refractivity (Wildman–Crippen MR) is 158 cm³/mol. The Kier molecular flexibility index (Phi) is 7.42. The van der Waals surface area contributed by atoms with Gasteiger partial charge in [0.2, 0.25) is 0 Å². The van der Waals surface area contributed by atoms with E-state index in [0.717, 1.165) is 0 Å². The number of nitrogens with one attached hydrogen (secondary N) is 2. The van der Waals surface area contributed by atoms with Crippen molar-refractivity contribution in [2.45, 2.75) is 33.3 Å². The highest BCUT2D eigenvalue weighted by atomic mass is 16.6. The number of para-hydroxylation sites is 2. The molecule has 11 nitrogen and oxygen atoms in total. The van der Waals surface area contributed by atoms with Crippen LogP contribution in [0.5, 0.6) is 5.75 Å². The molecule has 3 amide bonds. The van der Waals surface area contributed by atoms with E-state index in [4.69, 9.17) is 9.47 Å². The maximum absolute atomic E-state index is 13.6. The van der Waals surface area contributed by atoms with Gasteiger partial charge in [0.25, 0.3) is 17.7 Å². The minimum absolute atomic E-state index is 0.193. The quantitative estimate of drug-likeness (QED) is 0.362. The van der Waals surface area contributed by atoms with Crippen molar-refractivity contribution < 1.29 is 28.7 Å². The molecule has 42 heavy (non-hydrogen) atoms. The standard InChI is InChI=1S/C31H31N5O6/c1-18-33-26-22(10-8-12-24(26)36(18)30(40)42-31(2,3)4)34-28(38)21-14-13-19(17-25(21)41-5)29(39)35-16-15-32-27(37)20-9-6-7-11-23(20)35/h6-14,17H,15-16H2,1-5H3,(H,32,37)(H,34,38). The topological polar surface area (TPSA) is 132 Å². The van der Waals surface area contributed by atoms with Crippen LogP contribution in [0, 0.1) is 6.92 Å². The Morgan fingerprint density at radius 2 is 1.79 bits per heavy atom. The summed E-state index contributed by atoms with van der Waals surface area (Å²) in [7, 11) is 1.41. The minimum atomic E-state index is -0.693. The summed E-state index contributed by atoms with van der Waals surface area (Å²) in [5.74, 6) is -0.465. The highest BCUT2D eigenvalue weighted by Gasteiger charge is 2.27. The predicted octanol–water partition coefficient (Wildman–Crippen LogP) is 4.78. The van der Waals surface area contributed by atoms with Gasteiger partial charge in [0.15, 0.2) is 0 Å². The Labute approximate surface area is 242 Å². The molecule has 0 fully saturated rings. The van der Waals surface area contributed by atoms with Crippen LogP contribution in [0.3, 0.4) is 0 Å². The number of amides is 3. The zero-order valence-electron chi connectivity index (χ0n) is 24.0. The monoisotopic (exact) mass is 569 g/mol. The lowest BCUT2D eigenvalue weighted by Crippen LogP contribution is -2.35. The third-order valence-corrected chi connectivity index (χ3v) is 6.68. The van der Waals surface area contributed by atoms with Crippen LogP contribution in [-0.4, -0.2) is 59.2 Å². The molecule has 1 aromatic heterocycles. The molecule has 0 aliphatic carbocycles. The summed E-state index contributed by atoms with van der Waals surface area (Å²) >= 11 is 0. The van der Waals surface area contributed by atoms with Crippen molar-refractivity contribution >= 4 is 46.2 Å². The van der Waals surface area contributed by atoms with Crippen molar-refractivity contribution in [3.05, 3.63) is 83.2 Å². The largest absolute Gasteiger partial charge is 0.496 e. The van der Waals surface area contributed by atoms with Gasteiger partial charge in [-0.3, -0.25) is 14.4 Å². The number of ether oxygens (including phenoxy) is 2. The number of carbonyl (C=O) groups is 4. The fourth-order valence-corrected chi connectivity index (χ4v) is 4.82. The van der Waals surface area contributed by atoms with Gasteiger partial charge in [-0.15, -0.1) is 0 Å². The van der Waals surface area contributed by atoms with E-state index < -0.39 is 17.6 Å². The molecule has 0 saturated carbocycles. The average molecular weight is 570 g/mol. The summed E-state index contributed by atoms with van der Waals surface area (Å²) in [5.41, 5.74) is 2.01. The first-order valence-corrected chi connectivity index (χ1v) is 13.4. The maximum Gasteiger partial charge on any atom is 0.420 e. The zero-order valence-corrected chi connectivity index (χ0v) is 24.0. The lowest BCUT2D eigenvalue weighted by Gasteiger charge is -2.22. The summed E-state index contributed by atoms with van der Waals surface area (Å²) < 4.78 is 12.4. The Morgan fingerprint density at radius 1 is 1.02 bits per heavy atom. The molecule has 2 N–H and O–H groups in total. The molecule has 0 unspecified atom stereocenters. The highest BCUT2D eigenvalue weighted by Crippen LogP contribution is 2.29. The second kappa shape index (κ2) is 11.0. The number of methoxy groups -OCH3 is 1. The van der Waals surface area contributed by atoms with Gasteiger partial charge in [-0.2, -0.15) is 0 Å². The Hall–Kier alpha value is -5.19. The average Bonchev–Trinajstić information content (AvgIpc) is 3.21. The molecule has 0 atom stereocenters. The number of benzene rings is 3. The van der Waals surface area contributed by atoms with E-state index in [1.807, 2.05) is 0 Å². The second-order valence-electron chi connectivity index (χ2n) is 10.7. The lowest BCUT2D eigenvalue weighted by molar-refractivity contribution is 0.0540. The van der Waals surface area contributed by atoms with Crippen LogP contribution >= 0.6 is 0 Å². The summed E-state index contributed by atoms with van der Waals surface area (Å²) in [6.45, 7) is 7.60. The molecule has 3 aromatic carbocycles. The third kappa shape index (κ3) is 5.40. The van der Waals surface area contributed by atoms with Crippen LogP contribution in [0.2, 0.25) is 0 Å². The zero-order chi connectivity index (χ0) is 30.2. The number of anilines is 2. The summed E-state index contributed by atoms with van der Waals surface area (Å²) in [5, 5.41) is 5.65. The number of hydrogen-bond acceptors (Lipinski definition) is 7. The van der Waals surface area contributed by atoms with Gasteiger partial charge in [-0.05, 0) is 70.2 Å². The number of fused-ring (bicyclic) bond motifs is 2. The minimum Gasteiger partial charge on any atom is -0.496 e. The normalized spacial score (nSPS) is 13.2. The van der Waals surface area contributed by atoms with Gasteiger partial charge in [0, 0.05) is 18.7 Å². The lowest BCUT2D eigenvalue weighted by atomic mass is 10.1. The van der Waals surface area contributed by atoms with Gasteiger partial charge >= 0.3 is 6.09 Å². The Balaban J connectivity index is 1.43. The molecular weight excluding hydrogens is 538 g/mol. The molecule has 5 rings (SSSR count). The number of aromatic nitrogens is 2. The molecule has 0 radical (unpaired) electrons. The molecule has 0 saturated heterocycles. The van der Waals surface area contributed by atoms with Crippen LogP contribution in [-0.2, 0) is 4.74 Å². The number of nitrogens with zero attached hydrogens (tertiary/aromatic N) is 3. The number of carbonyl (C=O) groups excluding carboxylic acids is 4. The number of aryl methyl sites for hydroxylation is 1. The Bertz CT molecular complexity index is 1740. The van der Waals surface area contributed by atoms with Crippen LogP contribution < -0.4 is 20.3 Å². The van der Waals surface area contributed by atoms with Gasteiger partial charge < -0.3 is 25.0 Å². The van der Waals surface area contributed by atoms with Crippen molar-refractivity contribution in [1.29, 1.82) is 0 Å². The van der Waals surface area contributed by atoms with E-state index in [1.165, 1.54) is 28.7 Å². The molecule has 2 heterocycles. The Morgan fingerprint density at radius 3 is 2.52 bits per heavy atom. The van der Waals surface area contributed by atoms with E-state index in [-0.39, 0.29) is 29.7 Å². The van der Waals surface area contributed by atoms with Crippen molar-refractivity contribution in [1.82, 2.24) is 14.9 Å². The maximum atomic E-state index is 13.6. The fraction of sp³-hybridized carbons (Fsp3) is 0.258. The van der Waals surface area contributed by atoms with E-state index in [9.17, 15) is 19.2 Å². The van der Waals surface area contributed by atoms with Crippen molar-refractivity contribution in [2.24, 2.45) is 0 Å². The molecule has 11 heteroatoms. The van der Waals surface area contributed by atoms with Crippen LogP contribution in [0.4, 0.5) is 16.2 Å². The van der Waals surface area contributed by atoms with Crippen molar-refractivity contribution in [2.75, 3.05) is 30.4 Å². The van der Waals surface area contributed by atoms with Gasteiger partial charge in [0.1, 0.15) is 22.7 Å². The third-order valence-electron chi connectivity index (χ3n) is 6.68. The van der Waals surface area contributed by atoms with Crippen LogP contribution in [0.15, 0.2) is 60.7 Å². The number of rotatable bonds is 4. The van der Waals surface area contributed by atoms with E-state index in [0.29, 0.717) is 45.9 Å². The van der Waals surface area contributed by atoms with E-state index in [1.54, 1.807) is 76.2 Å². The smallest absolute Gasteiger partial charge is 0.420 e. The molecular formula is C31H31N5O6. The second-order valence-corrected chi connectivity index (χ2v) is 10.7. The van der Waals surface area contributed by atoms with Gasteiger partial charge in [0.05, 0.1) is 35.1 Å². The fourth-order valence-electron chi connectivity index (χ4n) is 4.82. The highest BCUT2D eigenvalue weighted by molar-refractivity contribution is 6.13. The molecule has 4 aromatic rings.